The van der Waals surface area contributed by atoms with Crippen molar-refractivity contribution in [3.05, 3.63) is 95.1 Å². The molecule has 4 nitrogen and oxygen atoms in total. The molecule has 3 aromatic carbocycles. The number of benzene rings is 3. The van der Waals surface area contributed by atoms with E-state index in [1.54, 1.807) is 10.9 Å². The quantitative estimate of drug-likeness (QED) is 0.378. The molecule has 0 radical (unpaired) electrons. The molecule has 27 heavy (non-hydrogen) atoms. The van der Waals surface area contributed by atoms with Gasteiger partial charge in [-0.2, -0.15) is 5.10 Å². The molecular formula is C22H15BrN2O2. The van der Waals surface area contributed by atoms with Crippen LogP contribution in [0.1, 0.15) is 10.4 Å². The van der Waals surface area contributed by atoms with E-state index in [-0.39, 0.29) is 0 Å². The maximum absolute atomic E-state index is 11.5. The van der Waals surface area contributed by atoms with Gasteiger partial charge in [-0.25, -0.2) is 4.68 Å². The average Bonchev–Trinajstić information content (AvgIpc) is 3.14. The van der Waals surface area contributed by atoms with Crippen LogP contribution in [0.4, 0.5) is 0 Å². The van der Waals surface area contributed by atoms with Crippen LogP contribution in [0.5, 0.6) is 11.5 Å². The Hall–Kier alpha value is -3.18. The van der Waals surface area contributed by atoms with Crippen molar-refractivity contribution >= 4 is 22.2 Å². The van der Waals surface area contributed by atoms with Crippen molar-refractivity contribution in [2.45, 2.75) is 0 Å². The fourth-order valence-corrected chi connectivity index (χ4v) is 2.99. The van der Waals surface area contributed by atoms with Crippen LogP contribution in [0.15, 0.2) is 89.5 Å². The van der Waals surface area contributed by atoms with Gasteiger partial charge in [-0.3, -0.25) is 4.79 Å². The lowest BCUT2D eigenvalue weighted by molar-refractivity contribution is 0.112. The molecule has 0 atom stereocenters. The highest BCUT2D eigenvalue weighted by atomic mass is 79.9. The zero-order chi connectivity index (χ0) is 18.6. The molecule has 0 amide bonds. The van der Waals surface area contributed by atoms with Crippen molar-refractivity contribution in [3.8, 4) is 28.4 Å². The van der Waals surface area contributed by atoms with Crippen LogP contribution >= 0.6 is 15.9 Å². The summed E-state index contributed by atoms with van der Waals surface area (Å²) in [6.07, 6.45) is 2.56. The fourth-order valence-electron chi connectivity index (χ4n) is 2.73. The summed E-state index contributed by atoms with van der Waals surface area (Å²) in [5.74, 6) is 1.50. The van der Waals surface area contributed by atoms with E-state index in [1.165, 1.54) is 0 Å². The summed E-state index contributed by atoms with van der Waals surface area (Å²) in [4.78, 5) is 11.5. The molecule has 0 fully saturated rings. The minimum absolute atomic E-state index is 0.537. The van der Waals surface area contributed by atoms with Gasteiger partial charge in [0.15, 0.2) is 6.29 Å². The third kappa shape index (κ3) is 3.83. The van der Waals surface area contributed by atoms with E-state index >= 15 is 0 Å². The van der Waals surface area contributed by atoms with Crippen LogP contribution in [0.2, 0.25) is 0 Å². The molecule has 0 saturated heterocycles. The van der Waals surface area contributed by atoms with E-state index in [0.717, 1.165) is 33.5 Å². The second kappa shape index (κ2) is 7.60. The second-order valence-electron chi connectivity index (χ2n) is 5.91. The predicted octanol–water partition coefficient (Wildman–Crippen LogP) is 5.91. The summed E-state index contributed by atoms with van der Waals surface area (Å²) in [5, 5.41) is 4.59. The van der Waals surface area contributed by atoms with Crippen LogP contribution in [0.25, 0.3) is 16.9 Å². The van der Waals surface area contributed by atoms with Crippen molar-refractivity contribution in [2.24, 2.45) is 0 Å². The van der Waals surface area contributed by atoms with E-state index in [0.29, 0.717) is 11.3 Å². The van der Waals surface area contributed by atoms with Crippen molar-refractivity contribution < 1.29 is 9.53 Å². The zero-order valence-corrected chi connectivity index (χ0v) is 15.8. The molecular weight excluding hydrogens is 404 g/mol. The fraction of sp³-hybridized carbons (Fsp3) is 0. The number of hydrogen-bond acceptors (Lipinski definition) is 3. The van der Waals surface area contributed by atoms with Gasteiger partial charge in [0, 0.05) is 16.2 Å². The van der Waals surface area contributed by atoms with Gasteiger partial charge >= 0.3 is 0 Å². The Morgan fingerprint density at radius 2 is 1.52 bits per heavy atom. The minimum atomic E-state index is 0.537. The summed E-state index contributed by atoms with van der Waals surface area (Å²) in [6, 6.07) is 24.9. The molecule has 4 aromatic rings. The van der Waals surface area contributed by atoms with E-state index in [2.05, 4.69) is 21.0 Å². The number of aromatic nitrogens is 2. The number of nitrogens with zero attached hydrogens (tertiary/aromatic N) is 2. The molecule has 5 heteroatoms. The first-order chi connectivity index (χ1) is 13.2. The summed E-state index contributed by atoms with van der Waals surface area (Å²) in [7, 11) is 0. The molecule has 132 valence electrons. The Bertz CT molecular complexity index is 1060. The molecule has 0 spiro atoms. The van der Waals surface area contributed by atoms with E-state index < -0.39 is 0 Å². The van der Waals surface area contributed by atoms with Crippen LogP contribution in [0.3, 0.4) is 0 Å². The summed E-state index contributed by atoms with van der Waals surface area (Å²) >= 11 is 3.42. The molecule has 0 aliphatic carbocycles. The molecule has 0 aliphatic heterocycles. The number of ether oxygens (including phenoxy) is 1. The lowest BCUT2D eigenvalue weighted by Gasteiger charge is -2.06. The normalized spacial score (nSPS) is 10.6. The van der Waals surface area contributed by atoms with Gasteiger partial charge in [0.2, 0.25) is 0 Å². The van der Waals surface area contributed by atoms with Crippen LogP contribution in [-0.2, 0) is 0 Å². The Morgan fingerprint density at radius 3 is 2.19 bits per heavy atom. The molecule has 0 aliphatic rings. The monoisotopic (exact) mass is 418 g/mol. The smallest absolute Gasteiger partial charge is 0.153 e. The summed E-state index contributed by atoms with van der Waals surface area (Å²) < 4.78 is 8.51. The number of hydrogen-bond donors (Lipinski definition) is 0. The Morgan fingerprint density at radius 1 is 0.852 bits per heavy atom. The average molecular weight is 419 g/mol. The van der Waals surface area contributed by atoms with Gasteiger partial charge in [-0.15, -0.1) is 0 Å². The van der Waals surface area contributed by atoms with Gasteiger partial charge in [0.1, 0.15) is 17.2 Å². The van der Waals surface area contributed by atoms with Crippen molar-refractivity contribution in [3.63, 3.8) is 0 Å². The maximum Gasteiger partial charge on any atom is 0.153 e. The van der Waals surface area contributed by atoms with Crippen LogP contribution in [0, 0.1) is 0 Å². The molecule has 1 aromatic heterocycles. The first-order valence-electron chi connectivity index (χ1n) is 8.37. The first kappa shape index (κ1) is 17.2. The van der Waals surface area contributed by atoms with Crippen molar-refractivity contribution in [1.82, 2.24) is 9.78 Å². The number of rotatable bonds is 5. The Balaban J connectivity index is 1.62. The number of aldehydes is 1. The topological polar surface area (TPSA) is 44.1 Å². The lowest BCUT2D eigenvalue weighted by atomic mass is 10.1. The molecule has 0 N–H and O–H groups in total. The molecule has 1 heterocycles. The third-order valence-electron chi connectivity index (χ3n) is 4.07. The molecule has 0 bridgehead atoms. The molecule has 0 unspecified atom stereocenters. The van der Waals surface area contributed by atoms with Crippen molar-refractivity contribution in [1.29, 1.82) is 0 Å². The van der Waals surface area contributed by atoms with E-state index in [4.69, 9.17) is 4.74 Å². The SMILES string of the molecule is O=Cc1cn(-c2ccc(Br)cc2)nc1-c1ccc(Oc2ccccc2)cc1. The number of halogens is 1. The summed E-state index contributed by atoms with van der Waals surface area (Å²) in [5.41, 5.74) is 2.92. The number of carbonyl (C=O) groups is 1. The Kier molecular flexibility index (Phi) is 4.85. The zero-order valence-electron chi connectivity index (χ0n) is 14.2. The highest BCUT2D eigenvalue weighted by Gasteiger charge is 2.12. The van der Waals surface area contributed by atoms with Crippen molar-refractivity contribution in [2.75, 3.05) is 0 Å². The molecule has 0 saturated carbocycles. The number of para-hydroxylation sites is 1. The van der Waals surface area contributed by atoms with Gasteiger partial charge < -0.3 is 4.74 Å². The third-order valence-corrected chi connectivity index (χ3v) is 4.60. The van der Waals surface area contributed by atoms with Gasteiger partial charge in [0.05, 0.1) is 11.3 Å². The highest BCUT2D eigenvalue weighted by Crippen LogP contribution is 2.27. The summed E-state index contributed by atoms with van der Waals surface area (Å²) in [6.45, 7) is 0. The highest BCUT2D eigenvalue weighted by molar-refractivity contribution is 9.10. The van der Waals surface area contributed by atoms with E-state index in [1.807, 2.05) is 78.9 Å². The standard InChI is InChI=1S/C22H15BrN2O2/c23-18-8-10-19(11-9-18)25-14-17(15-26)22(24-25)16-6-12-21(13-7-16)27-20-4-2-1-3-5-20/h1-15H. The van der Waals surface area contributed by atoms with Crippen LogP contribution < -0.4 is 4.74 Å². The predicted molar refractivity (Wildman–Crippen MR) is 109 cm³/mol. The Labute approximate surface area is 165 Å². The van der Waals surface area contributed by atoms with Gasteiger partial charge in [0.25, 0.3) is 0 Å². The van der Waals surface area contributed by atoms with E-state index in [9.17, 15) is 4.79 Å². The largest absolute Gasteiger partial charge is 0.457 e. The second-order valence-corrected chi connectivity index (χ2v) is 6.83. The maximum atomic E-state index is 11.5. The minimum Gasteiger partial charge on any atom is -0.457 e. The van der Waals surface area contributed by atoms with Gasteiger partial charge in [-0.1, -0.05) is 34.1 Å². The first-order valence-corrected chi connectivity index (χ1v) is 9.16. The number of carbonyl (C=O) groups excluding carboxylic acids is 1. The lowest BCUT2D eigenvalue weighted by Crippen LogP contribution is -1.94. The molecule has 4 rings (SSSR count). The van der Waals surface area contributed by atoms with Gasteiger partial charge in [-0.05, 0) is 60.7 Å². The van der Waals surface area contributed by atoms with Crippen LogP contribution in [-0.4, -0.2) is 16.1 Å².